The summed E-state index contributed by atoms with van der Waals surface area (Å²) in [5.74, 6) is -4.43. The van der Waals surface area contributed by atoms with Crippen LogP contribution >= 0.6 is 15.9 Å². The molecule has 1 aliphatic carbocycles. The number of hydrogen-bond donors (Lipinski definition) is 0. The van der Waals surface area contributed by atoms with Crippen LogP contribution in [0.5, 0.6) is 0 Å². The van der Waals surface area contributed by atoms with Crippen LogP contribution in [0.3, 0.4) is 0 Å². The van der Waals surface area contributed by atoms with Crippen molar-refractivity contribution in [3.8, 4) is 0 Å². The molecule has 2 amide bonds. The van der Waals surface area contributed by atoms with Gasteiger partial charge in [-0.05, 0) is 54.8 Å². The predicted molar refractivity (Wildman–Crippen MR) is 131 cm³/mol. The van der Waals surface area contributed by atoms with Crippen LogP contribution in [0.4, 0.5) is 5.69 Å². The summed E-state index contributed by atoms with van der Waals surface area (Å²) in [6, 6.07) is 19.1. The third kappa shape index (κ3) is 2.91. The Morgan fingerprint density at radius 1 is 0.800 bits per heavy atom. The second-order valence-electron chi connectivity index (χ2n) is 9.39. The van der Waals surface area contributed by atoms with Crippen LogP contribution in [0, 0.1) is 25.7 Å². The molecule has 2 saturated heterocycles. The Morgan fingerprint density at radius 3 is 1.94 bits per heavy atom. The van der Waals surface area contributed by atoms with Gasteiger partial charge in [-0.15, -0.1) is 0 Å². The van der Waals surface area contributed by atoms with Crippen molar-refractivity contribution < 1.29 is 23.9 Å². The molecule has 0 aromatic heterocycles. The highest BCUT2D eigenvalue weighted by Crippen LogP contribution is 2.57. The molecular formula is C28H20BrNO5. The Kier molecular flexibility index (Phi) is 4.75. The minimum Gasteiger partial charge on any atom is -0.349 e. The molecule has 174 valence electrons. The van der Waals surface area contributed by atoms with Crippen LogP contribution in [0.1, 0.15) is 43.5 Å². The van der Waals surface area contributed by atoms with Gasteiger partial charge in [-0.1, -0.05) is 58.4 Å². The molecule has 2 heterocycles. The molecule has 1 spiro atoms. The Hall–Kier alpha value is -3.42. The van der Waals surface area contributed by atoms with E-state index in [9.17, 15) is 19.2 Å². The number of hydrogen-bond acceptors (Lipinski definition) is 5. The van der Waals surface area contributed by atoms with Crippen LogP contribution in [0.15, 0.2) is 71.2 Å². The van der Waals surface area contributed by atoms with Gasteiger partial charge in [-0.2, -0.15) is 0 Å². The van der Waals surface area contributed by atoms with Gasteiger partial charge < -0.3 is 4.74 Å². The van der Waals surface area contributed by atoms with Gasteiger partial charge in [0.25, 0.3) is 0 Å². The Bertz CT molecular complexity index is 1410. The van der Waals surface area contributed by atoms with E-state index in [4.69, 9.17) is 4.74 Å². The lowest BCUT2D eigenvalue weighted by atomic mass is 9.77. The van der Waals surface area contributed by atoms with Gasteiger partial charge in [0.05, 0.1) is 23.6 Å². The zero-order chi connectivity index (χ0) is 24.6. The van der Waals surface area contributed by atoms with Gasteiger partial charge in [-0.3, -0.25) is 19.2 Å². The van der Waals surface area contributed by atoms with E-state index in [2.05, 4.69) is 15.9 Å². The van der Waals surface area contributed by atoms with Gasteiger partial charge in [0.15, 0.2) is 0 Å². The largest absolute Gasteiger partial charge is 0.349 e. The lowest BCUT2D eigenvalue weighted by Gasteiger charge is -2.27. The van der Waals surface area contributed by atoms with Crippen molar-refractivity contribution in [1.82, 2.24) is 0 Å². The number of benzene rings is 3. The number of carbonyl (C=O) groups is 4. The van der Waals surface area contributed by atoms with Crippen LogP contribution < -0.4 is 4.90 Å². The average Bonchev–Trinajstić information content (AvgIpc) is 3.39. The maximum atomic E-state index is 14.0. The van der Waals surface area contributed by atoms with E-state index in [0.29, 0.717) is 11.3 Å². The van der Waals surface area contributed by atoms with Crippen molar-refractivity contribution in [3.63, 3.8) is 0 Å². The second kappa shape index (κ2) is 7.54. The fraction of sp³-hybridized carbons (Fsp3) is 0.214. The van der Waals surface area contributed by atoms with Crippen molar-refractivity contribution in [2.24, 2.45) is 11.8 Å². The molecule has 7 heteroatoms. The summed E-state index contributed by atoms with van der Waals surface area (Å²) in [5, 5.41) is 0. The first-order valence-corrected chi connectivity index (χ1v) is 12.1. The normalized spacial score (nSPS) is 24.4. The van der Waals surface area contributed by atoms with Crippen LogP contribution in [-0.4, -0.2) is 29.0 Å². The number of Topliss-reactive ketones (excluding diaryl/α,β-unsaturated/α-hetero) is 2. The summed E-state index contributed by atoms with van der Waals surface area (Å²) < 4.78 is 7.13. The third-order valence-corrected chi connectivity index (χ3v) is 7.71. The number of ketones is 2. The molecule has 3 aromatic carbocycles. The summed E-state index contributed by atoms with van der Waals surface area (Å²) in [4.78, 5) is 56.5. The molecule has 35 heavy (non-hydrogen) atoms. The molecule has 0 unspecified atom stereocenters. The van der Waals surface area contributed by atoms with Crippen LogP contribution in [0.25, 0.3) is 0 Å². The monoisotopic (exact) mass is 529 g/mol. The van der Waals surface area contributed by atoms with E-state index < -0.39 is 46.9 Å². The summed E-state index contributed by atoms with van der Waals surface area (Å²) >= 11 is 3.41. The highest BCUT2D eigenvalue weighted by atomic mass is 79.9. The number of ether oxygens (including phenoxy) is 1. The minimum absolute atomic E-state index is 0.220. The van der Waals surface area contributed by atoms with E-state index in [1.165, 1.54) is 0 Å². The van der Waals surface area contributed by atoms with Gasteiger partial charge in [-0.25, -0.2) is 4.90 Å². The summed E-state index contributed by atoms with van der Waals surface area (Å²) in [7, 11) is 0. The van der Waals surface area contributed by atoms with E-state index in [0.717, 1.165) is 20.5 Å². The average molecular weight is 530 g/mol. The maximum Gasteiger partial charge on any atom is 0.241 e. The zero-order valence-corrected chi connectivity index (χ0v) is 20.5. The molecule has 3 atom stereocenters. The third-order valence-electron chi connectivity index (χ3n) is 7.18. The Labute approximate surface area is 210 Å². The molecule has 6 nitrogen and oxygen atoms in total. The summed E-state index contributed by atoms with van der Waals surface area (Å²) in [6.45, 7) is 3.77. The first-order chi connectivity index (χ1) is 16.7. The Balaban J connectivity index is 1.55. The lowest BCUT2D eigenvalue weighted by molar-refractivity contribution is -0.127. The lowest BCUT2D eigenvalue weighted by Crippen LogP contribution is -2.51. The smallest absolute Gasteiger partial charge is 0.241 e. The van der Waals surface area contributed by atoms with Crippen molar-refractivity contribution in [2.45, 2.75) is 25.6 Å². The van der Waals surface area contributed by atoms with E-state index >= 15 is 0 Å². The zero-order valence-electron chi connectivity index (χ0n) is 18.9. The van der Waals surface area contributed by atoms with Crippen LogP contribution in [-0.2, 0) is 14.3 Å². The predicted octanol–water partition coefficient (Wildman–Crippen LogP) is 4.76. The van der Waals surface area contributed by atoms with E-state index in [1.807, 2.05) is 19.9 Å². The summed E-state index contributed by atoms with van der Waals surface area (Å²) in [6.07, 6.45) is -0.928. The van der Waals surface area contributed by atoms with E-state index in [1.54, 1.807) is 60.7 Å². The number of carbonyl (C=O) groups excluding carboxylic acids is 4. The first-order valence-electron chi connectivity index (χ1n) is 11.3. The van der Waals surface area contributed by atoms with Crippen molar-refractivity contribution in [1.29, 1.82) is 0 Å². The standard InChI is InChI=1S/C28H20BrNO5/c1-14-11-15(2)13-18(12-14)30-26(33)21-22(27(30)34)28(35-23(21)16-7-9-17(29)10-8-16)24(31)19-5-3-4-6-20(19)25(28)32/h3-13,21-23H,1-2H3/t21-,22+,23-/m0/s1. The van der Waals surface area contributed by atoms with Crippen LogP contribution in [0.2, 0.25) is 0 Å². The van der Waals surface area contributed by atoms with Gasteiger partial charge >= 0.3 is 0 Å². The van der Waals surface area contributed by atoms with Gasteiger partial charge in [0.2, 0.25) is 29.0 Å². The first kappa shape index (κ1) is 22.1. The molecule has 2 fully saturated rings. The Morgan fingerprint density at radius 2 is 1.37 bits per heavy atom. The number of fused-ring (bicyclic) bond motifs is 3. The molecule has 3 aliphatic rings. The fourth-order valence-electron chi connectivity index (χ4n) is 5.80. The van der Waals surface area contributed by atoms with Crippen molar-refractivity contribution in [3.05, 3.63) is 99.0 Å². The minimum atomic E-state index is -2.06. The molecule has 6 rings (SSSR count). The number of nitrogens with zero attached hydrogens (tertiary/aromatic N) is 1. The molecule has 2 aliphatic heterocycles. The summed E-state index contributed by atoms with van der Waals surface area (Å²) in [5.41, 5.74) is 1.23. The van der Waals surface area contributed by atoms with E-state index in [-0.39, 0.29) is 11.1 Å². The number of aryl methyl sites for hydroxylation is 2. The second-order valence-corrected chi connectivity index (χ2v) is 10.3. The van der Waals surface area contributed by atoms with Gasteiger partial charge in [0, 0.05) is 15.6 Å². The highest BCUT2D eigenvalue weighted by Gasteiger charge is 2.74. The highest BCUT2D eigenvalue weighted by molar-refractivity contribution is 9.10. The number of anilines is 1. The van der Waals surface area contributed by atoms with Gasteiger partial charge in [0.1, 0.15) is 0 Å². The topological polar surface area (TPSA) is 80.8 Å². The SMILES string of the molecule is Cc1cc(C)cc(N2C(=O)[C@@H]3[C@H](c4ccc(Br)cc4)OC4(C(=O)c5ccccc5C4=O)[C@H]3C2=O)c1. The molecule has 0 bridgehead atoms. The number of amides is 2. The number of halogens is 1. The maximum absolute atomic E-state index is 14.0. The quantitative estimate of drug-likeness (QED) is 0.353. The number of rotatable bonds is 2. The number of imide groups is 1. The molecule has 0 saturated carbocycles. The van der Waals surface area contributed by atoms with Crippen molar-refractivity contribution >= 4 is 45.0 Å². The fourth-order valence-corrected chi connectivity index (χ4v) is 6.07. The molecular weight excluding hydrogens is 510 g/mol. The molecule has 0 N–H and O–H groups in total. The molecule has 0 radical (unpaired) electrons. The van der Waals surface area contributed by atoms with Crippen molar-refractivity contribution in [2.75, 3.05) is 4.90 Å². The molecule has 3 aromatic rings.